The Morgan fingerprint density at radius 2 is 2.50 bits per heavy atom. The Morgan fingerprint density at radius 3 is 3.00 bits per heavy atom. The molecule has 1 aromatic heterocycles. The molecular formula is C10H14BrNOS. The van der Waals surface area contributed by atoms with E-state index in [2.05, 4.69) is 28.2 Å². The summed E-state index contributed by atoms with van der Waals surface area (Å²) >= 11 is 5.20. The topological polar surface area (TPSA) is 35.2 Å². The first-order valence-electron chi connectivity index (χ1n) is 4.76. The monoisotopic (exact) mass is 275 g/mol. The molecule has 0 radical (unpaired) electrons. The van der Waals surface area contributed by atoms with Crippen molar-refractivity contribution < 1.29 is 4.74 Å². The van der Waals surface area contributed by atoms with Crippen LogP contribution in [0.3, 0.4) is 0 Å². The van der Waals surface area contributed by atoms with Crippen molar-refractivity contribution in [1.29, 1.82) is 0 Å². The van der Waals surface area contributed by atoms with E-state index in [1.807, 2.05) is 6.07 Å². The summed E-state index contributed by atoms with van der Waals surface area (Å²) in [7, 11) is 0. The molecule has 0 saturated carbocycles. The molecule has 2 heterocycles. The molecule has 2 nitrogen and oxygen atoms in total. The Labute approximate surface area is 96.6 Å². The van der Waals surface area contributed by atoms with E-state index in [0.29, 0.717) is 0 Å². The van der Waals surface area contributed by atoms with Crippen LogP contribution in [0.5, 0.6) is 0 Å². The highest BCUT2D eigenvalue weighted by Crippen LogP contribution is 2.40. The smallest absolute Gasteiger partial charge is 0.0855 e. The van der Waals surface area contributed by atoms with E-state index in [0.717, 1.165) is 23.9 Å². The van der Waals surface area contributed by atoms with Crippen molar-refractivity contribution in [2.45, 2.75) is 31.4 Å². The van der Waals surface area contributed by atoms with E-state index in [1.54, 1.807) is 11.3 Å². The number of thiophene rings is 1. The summed E-state index contributed by atoms with van der Waals surface area (Å²) in [6, 6.07) is 2.03. The first-order valence-corrected chi connectivity index (χ1v) is 6.43. The minimum atomic E-state index is -0.173. The molecule has 2 N–H and O–H groups in total. The van der Waals surface area contributed by atoms with Crippen molar-refractivity contribution in [1.82, 2.24) is 0 Å². The molecule has 4 heteroatoms. The zero-order chi connectivity index (χ0) is 10.2. The summed E-state index contributed by atoms with van der Waals surface area (Å²) < 4.78 is 6.85. The van der Waals surface area contributed by atoms with Crippen molar-refractivity contribution in [2.75, 3.05) is 6.61 Å². The maximum Gasteiger partial charge on any atom is 0.0855 e. The highest BCUT2D eigenvalue weighted by molar-refractivity contribution is 9.10. The van der Waals surface area contributed by atoms with Gasteiger partial charge in [0, 0.05) is 16.0 Å². The Hall–Kier alpha value is 0.1000. The van der Waals surface area contributed by atoms with Crippen molar-refractivity contribution in [3.8, 4) is 0 Å². The number of halogens is 1. The van der Waals surface area contributed by atoms with Gasteiger partial charge in [0.1, 0.15) is 0 Å². The Bertz CT molecular complexity index is 320. The van der Waals surface area contributed by atoms with Gasteiger partial charge in [0.15, 0.2) is 0 Å². The van der Waals surface area contributed by atoms with Gasteiger partial charge in [-0.15, -0.1) is 11.3 Å². The zero-order valence-corrected chi connectivity index (χ0v) is 10.5. The van der Waals surface area contributed by atoms with Gasteiger partial charge < -0.3 is 10.5 Å². The fourth-order valence-corrected chi connectivity index (χ4v) is 3.61. The molecule has 14 heavy (non-hydrogen) atoms. The van der Waals surface area contributed by atoms with Gasteiger partial charge >= 0.3 is 0 Å². The van der Waals surface area contributed by atoms with Crippen LogP contribution in [-0.2, 0) is 4.74 Å². The fraction of sp³-hybridized carbons (Fsp3) is 0.600. The van der Waals surface area contributed by atoms with Crippen LogP contribution in [0.25, 0.3) is 0 Å². The first-order chi connectivity index (χ1) is 6.63. The first kappa shape index (κ1) is 10.6. The van der Waals surface area contributed by atoms with Crippen LogP contribution in [0.1, 0.15) is 30.7 Å². The normalized spacial score (nSPS) is 29.4. The number of hydrogen-bond acceptors (Lipinski definition) is 3. The van der Waals surface area contributed by atoms with E-state index in [9.17, 15) is 0 Å². The van der Waals surface area contributed by atoms with Gasteiger partial charge in [-0.05, 0) is 47.1 Å². The number of ether oxygens (including phenoxy) is 1. The summed E-state index contributed by atoms with van der Waals surface area (Å²) in [5.74, 6) is 0. The molecule has 0 amide bonds. The van der Waals surface area contributed by atoms with Crippen LogP contribution < -0.4 is 5.73 Å². The molecule has 0 bridgehead atoms. The average molecular weight is 276 g/mol. The highest BCUT2D eigenvalue weighted by atomic mass is 79.9. The minimum Gasteiger partial charge on any atom is -0.373 e. The second kappa shape index (κ2) is 3.93. The van der Waals surface area contributed by atoms with E-state index in [1.165, 1.54) is 4.88 Å². The van der Waals surface area contributed by atoms with Crippen LogP contribution in [0.15, 0.2) is 15.9 Å². The standard InChI is InChI=1S/C10H14BrNOS/c1-10(4-2-5-13-10)9(12)8-7(11)3-6-14-8/h3,6,9H,2,4-5,12H2,1H3. The SMILES string of the molecule is CC1(C(N)c2sccc2Br)CCCO1. The Morgan fingerprint density at radius 1 is 1.71 bits per heavy atom. The van der Waals surface area contributed by atoms with Crippen molar-refractivity contribution >= 4 is 27.3 Å². The van der Waals surface area contributed by atoms with Gasteiger partial charge in [-0.1, -0.05) is 0 Å². The van der Waals surface area contributed by atoms with E-state index in [-0.39, 0.29) is 11.6 Å². The highest BCUT2D eigenvalue weighted by Gasteiger charge is 2.38. The van der Waals surface area contributed by atoms with Crippen molar-refractivity contribution in [3.63, 3.8) is 0 Å². The average Bonchev–Trinajstić information content (AvgIpc) is 2.74. The predicted octanol–water partition coefficient (Wildman–Crippen LogP) is 3.08. The van der Waals surface area contributed by atoms with Crippen molar-refractivity contribution in [3.05, 3.63) is 20.8 Å². The second-order valence-electron chi connectivity index (χ2n) is 3.88. The van der Waals surface area contributed by atoms with Crippen LogP contribution in [0, 0.1) is 0 Å². The van der Waals surface area contributed by atoms with Crippen LogP contribution in [0.2, 0.25) is 0 Å². The van der Waals surface area contributed by atoms with Gasteiger partial charge in [0.05, 0.1) is 11.6 Å². The van der Waals surface area contributed by atoms with E-state index >= 15 is 0 Å². The lowest BCUT2D eigenvalue weighted by molar-refractivity contribution is -0.00102. The molecule has 1 aliphatic heterocycles. The summed E-state index contributed by atoms with van der Waals surface area (Å²) in [5, 5.41) is 2.05. The maximum absolute atomic E-state index is 6.24. The van der Waals surface area contributed by atoms with Gasteiger partial charge in [-0.2, -0.15) is 0 Å². The third-order valence-corrected chi connectivity index (χ3v) is 4.79. The minimum absolute atomic E-state index is 0.0145. The van der Waals surface area contributed by atoms with Gasteiger partial charge in [0.2, 0.25) is 0 Å². The van der Waals surface area contributed by atoms with Crippen molar-refractivity contribution in [2.24, 2.45) is 5.73 Å². The lowest BCUT2D eigenvalue weighted by Crippen LogP contribution is -2.37. The van der Waals surface area contributed by atoms with Gasteiger partial charge in [0.25, 0.3) is 0 Å². The summed E-state index contributed by atoms with van der Waals surface area (Å²) in [4.78, 5) is 1.19. The number of hydrogen-bond donors (Lipinski definition) is 1. The lowest BCUT2D eigenvalue weighted by atomic mass is 9.93. The van der Waals surface area contributed by atoms with Crippen LogP contribution in [-0.4, -0.2) is 12.2 Å². The Balaban J connectivity index is 2.23. The molecule has 2 rings (SSSR count). The quantitative estimate of drug-likeness (QED) is 0.901. The van der Waals surface area contributed by atoms with E-state index < -0.39 is 0 Å². The van der Waals surface area contributed by atoms with Crippen LogP contribution >= 0.6 is 27.3 Å². The fourth-order valence-electron chi connectivity index (χ4n) is 1.85. The predicted molar refractivity (Wildman–Crippen MR) is 62.5 cm³/mol. The molecular weight excluding hydrogens is 262 g/mol. The molecule has 1 fully saturated rings. The zero-order valence-electron chi connectivity index (χ0n) is 8.13. The molecule has 0 aliphatic carbocycles. The summed E-state index contributed by atoms with van der Waals surface area (Å²) in [6.07, 6.45) is 2.17. The number of rotatable bonds is 2. The second-order valence-corrected chi connectivity index (χ2v) is 5.68. The van der Waals surface area contributed by atoms with E-state index in [4.69, 9.17) is 10.5 Å². The van der Waals surface area contributed by atoms with Gasteiger partial charge in [-0.3, -0.25) is 0 Å². The molecule has 2 unspecified atom stereocenters. The third-order valence-electron chi connectivity index (χ3n) is 2.83. The molecule has 1 saturated heterocycles. The number of nitrogens with two attached hydrogens (primary N) is 1. The molecule has 1 aliphatic rings. The third kappa shape index (κ3) is 1.76. The largest absolute Gasteiger partial charge is 0.373 e. The molecule has 78 valence electrons. The summed E-state index contributed by atoms with van der Waals surface area (Å²) in [6.45, 7) is 2.95. The molecule has 0 spiro atoms. The molecule has 0 aromatic carbocycles. The lowest BCUT2D eigenvalue weighted by Gasteiger charge is -2.29. The maximum atomic E-state index is 6.24. The van der Waals surface area contributed by atoms with Gasteiger partial charge in [-0.25, -0.2) is 0 Å². The summed E-state index contributed by atoms with van der Waals surface area (Å²) in [5.41, 5.74) is 6.06. The Kier molecular flexibility index (Phi) is 2.98. The van der Waals surface area contributed by atoms with Crippen LogP contribution in [0.4, 0.5) is 0 Å². The molecule has 1 aromatic rings. The molecule has 2 atom stereocenters.